The Morgan fingerprint density at radius 2 is 2.15 bits per heavy atom. The van der Waals surface area contributed by atoms with E-state index in [-0.39, 0.29) is 18.0 Å². The van der Waals surface area contributed by atoms with E-state index in [1.54, 1.807) is 0 Å². The number of carbonyl (C=O) groups is 2. The average Bonchev–Trinajstić information content (AvgIpc) is 2.03. The van der Waals surface area contributed by atoms with Gasteiger partial charge >= 0.3 is 6.03 Å². The highest BCUT2D eigenvalue weighted by Crippen LogP contribution is 2.08. The molecule has 3 amide bonds. The standard InChI is InChI=1S/C9H16N2O2/c1-2-3-4-5-7-6-8(12)11-9(13)10-7/h7H,2-6H2,1H3,(H2,10,11,12,13)/t7-/m0/s1. The van der Waals surface area contributed by atoms with E-state index >= 15 is 0 Å². The van der Waals surface area contributed by atoms with E-state index in [9.17, 15) is 9.59 Å². The zero-order valence-corrected chi connectivity index (χ0v) is 7.93. The topological polar surface area (TPSA) is 58.2 Å². The molecule has 1 aliphatic heterocycles. The molecule has 13 heavy (non-hydrogen) atoms. The molecule has 0 unspecified atom stereocenters. The Labute approximate surface area is 78.1 Å². The highest BCUT2D eigenvalue weighted by atomic mass is 16.2. The lowest BCUT2D eigenvalue weighted by molar-refractivity contribution is -0.121. The van der Waals surface area contributed by atoms with Crippen molar-refractivity contribution in [3.63, 3.8) is 0 Å². The molecule has 1 saturated heterocycles. The summed E-state index contributed by atoms with van der Waals surface area (Å²) in [5.41, 5.74) is 0. The van der Waals surface area contributed by atoms with Crippen LogP contribution in [0.2, 0.25) is 0 Å². The summed E-state index contributed by atoms with van der Waals surface area (Å²) in [6.45, 7) is 2.13. The lowest BCUT2D eigenvalue weighted by atomic mass is 10.0. The van der Waals surface area contributed by atoms with Gasteiger partial charge < -0.3 is 5.32 Å². The number of rotatable bonds is 4. The summed E-state index contributed by atoms with van der Waals surface area (Å²) in [5, 5.41) is 4.95. The molecule has 0 radical (unpaired) electrons. The smallest absolute Gasteiger partial charge is 0.321 e. The highest BCUT2D eigenvalue weighted by Gasteiger charge is 2.22. The molecule has 74 valence electrons. The first-order valence-electron chi connectivity index (χ1n) is 4.82. The second-order valence-electron chi connectivity index (χ2n) is 3.42. The number of hydrogen-bond donors (Lipinski definition) is 2. The maximum atomic E-state index is 10.9. The third-order valence-electron chi connectivity index (χ3n) is 2.18. The summed E-state index contributed by atoms with van der Waals surface area (Å²) in [4.78, 5) is 21.8. The van der Waals surface area contributed by atoms with Crippen LogP contribution < -0.4 is 10.6 Å². The van der Waals surface area contributed by atoms with Crippen LogP contribution in [0.25, 0.3) is 0 Å². The number of imide groups is 1. The minimum atomic E-state index is -0.349. The number of urea groups is 1. The van der Waals surface area contributed by atoms with Crippen LogP contribution in [0.5, 0.6) is 0 Å². The quantitative estimate of drug-likeness (QED) is 0.644. The van der Waals surface area contributed by atoms with Gasteiger partial charge in [-0.3, -0.25) is 10.1 Å². The fourth-order valence-corrected chi connectivity index (χ4v) is 1.49. The van der Waals surface area contributed by atoms with E-state index in [2.05, 4.69) is 17.6 Å². The van der Waals surface area contributed by atoms with Crippen molar-refractivity contribution in [1.82, 2.24) is 10.6 Å². The van der Waals surface area contributed by atoms with Crippen LogP contribution in [0, 0.1) is 0 Å². The Bertz CT molecular complexity index is 188. The van der Waals surface area contributed by atoms with Gasteiger partial charge in [-0.1, -0.05) is 26.2 Å². The molecule has 0 aliphatic carbocycles. The second-order valence-corrected chi connectivity index (χ2v) is 3.42. The molecule has 1 heterocycles. The molecule has 4 nitrogen and oxygen atoms in total. The number of carbonyl (C=O) groups excluding carboxylic acids is 2. The van der Waals surface area contributed by atoms with Crippen LogP contribution in [0.15, 0.2) is 0 Å². The van der Waals surface area contributed by atoms with Crippen molar-refractivity contribution in [2.24, 2.45) is 0 Å². The summed E-state index contributed by atoms with van der Waals surface area (Å²) in [7, 11) is 0. The van der Waals surface area contributed by atoms with Crippen molar-refractivity contribution in [3.8, 4) is 0 Å². The van der Waals surface area contributed by atoms with Crippen LogP contribution in [-0.2, 0) is 4.79 Å². The number of nitrogens with one attached hydrogen (secondary N) is 2. The molecule has 0 aromatic rings. The Kier molecular flexibility index (Phi) is 3.73. The molecule has 0 bridgehead atoms. The maximum Gasteiger partial charge on any atom is 0.321 e. The first kappa shape index (κ1) is 10.0. The van der Waals surface area contributed by atoms with Gasteiger partial charge in [0.05, 0.1) is 0 Å². The molecule has 1 aliphatic rings. The van der Waals surface area contributed by atoms with Gasteiger partial charge in [0.25, 0.3) is 0 Å². The third-order valence-corrected chi connectivity index (χ3v) is 2.18. The van der Waals surface area contributed by atoms with Crippen molar-refractivity contribution < 1.29 is 9.59 Å². The molecule has 0 aromatic carbocycles. The molecule has 1 fully saturated rings. The van der Waals surface area contributed by atoms with Crippen molar-refractivity contribution in [1.29, 1.82) is 0 Å². The van der Waals surface area contributed by atoms with Crippen LogP contribution in [0.3, 0.4) is 0 Å². The lowest BCUT2D eigenvalue weighted by Crippen LogP contribution is -2.52. The van der Waals surface area contributed by atoms with Gasteiger partial charge in [0.1, 0.15) is 0 Å². The summed E-state index contributed by atoms with van der Waals surface area (Å²) in [5.74, 6) is -0.162. The third kappa shape index (κ3) is 3.44. The maximum absolute atomic E-state index is 10.9. The van der Waals surface area contributed by atoms with Crippen molar-refractivity contribution in [3.05, 3.63) is 0 Å². The highest BCUT2D eigenvalue weighted by molar-refractivity contribution is 5.97. The fourth-order valence-electron chi connectivity index (χ4n) is 1.49. The number of amides is 3. The van der Waals surface area contributed by atoms with Crippen molar-refractivity contribution >= 4 is 11.9 Å². The molecular formula is C9H16N2O2. The minimum absolute atomic E-state index is 0.0489. The van der Waals surface area contributed by atoms with E-state index in [0.29, 0.717) is 6.42 Å². The van der Waals surface area contributed by atoms with E-state index in [0.717, 1.165) is 25.7 Å². The summed E-state index contributed by atoms with van der Waals surface area (Å²) >= 11 is 0. The first-order valence-corrected chi connectivity index (χ1v) is 4.82. The largest absolute Gasteiger partial charge is 0.335 e. The van der Waals surface area contributed by atoms with Crippen LogP contribution in [0.4, 0.5) is 4.79 Å². The predicted octanol–water partition coefficient (Wildman–Crippen LogP) is 1.16. The van der Waals surface area contributed by atoms with E-state index in [1.807, 2.05) is 0 Å². The Morgan fingerprint density at radius 3 is 2.77 bits per heavy atom. The SMILES string of the molecule is CCCCC[C@H]1CC(=O)NC(=O)N1. The Hall–Kier alpha value is -1.06. The monoisotopic (exact) mass is 184 g/mol. The van der Waals surface area contributed by atoms with Gasteiger partial charge in [-0.05, 0) is 6.42 Å². The van der Waals surface area contributed by atoms with Gasteiger partial charge in [-0.15, -0.1) is 0 Å². The molecule has 2 N–H and O–H groups in total. The van der Waals surface area contributed by atoms with E-state index in [4.69, 9.17) is 0 Å². The average molecular weight is 184 g/mol. The summed E-state index contributed by atoms with van der Waals surface area (Å²) in [6.07, 6.45) is 4.73. The molecule has 0 saturated carbocycles. The van der Waals surface area contributed by atoms with Gasteiger partial charge in [-0.2, -0.15) is 0 Å². The predicted molar refractivity (Wildman–Crippen MR) is 49.2 cm³/mol. The molecular weight excluding hydrogens is 168 g/mol. The lowest BCUT2D eigenvalue weighted by Gasteiger charge is -2.22. The van der Waals surface area contributed by atoms with Gasteiger partial charge in [0.2, 0.25) is 5.91 Å². The number of hydrogen-bond acceptors (Lipinski definition) is 2. The second kappa shape index (κ2) is 4.84. The van der Waals surface area contributed by atoms with Crippen LogP contribution in [0.1, 0.15) is 39.0 Å². The first-order chi connectivity index (χ1) is 6.22. The molecule has 1 rings (SSSR count). The van der Waals surface area contributed by atoms with Gasteiger partial charge in [0, 0.05) is 12.5 Å². The van der Waals surface area contributed by atoms with Crippen LogP contribution in [-0.4, -0.2) is 18.0 Å². The Morgan fingerprint density at radius 1 is 1.38 bits per heavy atom. The summed E-state index contributed by atoms with van der Waals surface area (Å²) < 4.78 is 0. The zero-order valence-electron chi connectivity index (χ0n) is 7.93. The van der Waals surface area contributed by atoms with Gasteiger partial charge in [0.15, 0.2) is 0 Å². The van der Waals surface area contributed by atoms with Crippen molar-refractivity contribution in [2.75, 3.05) is 0 Å². The van der Waals surface area contributed by atoms with Gasteiger partial charge in [-0.25, -0.2) is 4.79 Å². The Balaban J connectivity index is 2.25. The van der Waals surface area contributed by atoms with Crippen LogP contribution >= 0.6 is 0 Å². The molecule has 4 heteroatoms. The summed E-state index contributed by atoms with van der Waals surface area (Å²) in [6, 6.07) is -0.300. The molecule has 0 spiro atoms. The minimum Gasteiger partial charge on any atom is -0.335 e. The molecule has 1 atom stereocenters. The molecule has 0 aromatic heterocycles. The fraction of sp³-hybridized carbons (Fsp3) is 0.778. The number of unbranched alkanes of at least 4 members (excludes halogenated alkanes) is 2. The van der Waals surface area contributed by atoms with E-state index < -0.39 is 0 Å². The normalized spacial score (nSPS) is 22.4. The zero-order chi connectivity index (χ0) is 9.68. The van der Waals surface area contributed by atoms with E-state index in [1.165, 1.54) is 0 Å². The van der Waals surface area contributed by atoms with Crippen molar-refractivity contribution in [2.45, 2.75) is 45.1 Å².